The van der Waals surface area contributed by atoms with Gasteiger partial charge < -0.3 is 10.3 Å². The quantitative estimate of drug-likeness (QED) is 0.606. The monoisotopic (exact) mass is 155 g/mol. The summed E-state index contributed by atoms with van der Waals surface area (Å²) in [4.78, 5) is 12.8. The van der Waals surface area contributed by atoms with E-state index in [4.69, 9.17) is 5.41 Å². The van der Waals surface area contributed by atoms with Crippen molar-refractivity contribution in [3.8, 4) is 0 Å². The summed E-state index contributed by atoms with van der Waals surface area (Å²) in [5.74, 6) is -0.363. The van der Waals surface area contributed by atoms with Gasteiger partial charge in [0, 0.05) is 19.8 Å². The number of nitrogens with one attached hydrogen (secondary N) is 1. The van der Waals surface area contributed by atoms with Gasteiger partial charge in [0.15, 0.2) is 0 Å². The van der Waals surface area contributed by atoms with Crippen molar-refractivity contribution in [2.24, 2.45) is 5.92 Å². The summed E-state index contributed by atoms with van der Waals surface area (Å²) >= 11 is 0. The van der Waals surface area contributed by atoms with Crippen LogP contribution in [0.4, 0.5) is 0 Å². The zero-order chi connectivity index (χ0) is 9.02. The molecule has 0 aliphatic rings. The van der Waals surface area contributed by atoms with Crippen molar-refractivity contribution in [3.63, 3.8) is 0 Å². The summed E-state index contributed by atoms with van der Waals surface area (Å²) in [6, 6.07) is 0. The van der Waals surface area contributed by atoms with Crippen LogP contribution in [-0.4, -0.2) is 30.6 Å². The standard InChI is InChI=1S/C8H15N2O/c1-5-7(6(2)9)8(11)10(3)4/h7,9H,2,5H2,1,3-4H3. The SMILES string of the molecule is [CH2]C(=N)C(CC)C(=O)N(C)C. The molecule has 0 aliphatic carbocycles. The van der Waals surface area contributed by atoms with E-state index in [0.717, 1.165) is 0 Å². The van der Waals surface area contributed by atoms with Crippen LogP contribution in [0.2, 0.25) is 0 Å². The van der Waals surface area contributed by atoms with Gasteiger partial charge in [-0.3, -0.25) is 4.79 Å². The van der Waals surface area contributed by atoms with E-state index in [2.05, 4.69) is 6.92 Å². The lowest BCUT2D eigenvalue weighted by Crippen LogP contribution is -2.32. The largest absolute Gasteiger partial charge is 0.348 e. The molecule has 3 heteroatoms. The Hall–Kier alpha value is -0.860. The average molecular weight is 155 g/mol. The van der Waals surface area contributed by atoms with Crippen LogP contribution >= 0.6 is 0 Å². The van der Waals surface area contributed by atoms with Crippen molar-refractivity contribution in [2.45, 2.75) is 13.3 Å². The fourth-order valence-corrected chi connectivity index (χ4v) is 0.882. The summed E-state index contributed by atoms with van der Waals surface area (Å²) in [6.07, 6.45) is 0.652. The summed E-state index contributed by atoms with van der Waals surface area (Å²) in [5, 5.41) is 7.22. The first-order valence-electron chi connectivity index (χ1n) is 3.62. The predicted molar refractivity (Wildman–Crippen MR) is 45.6 cm³/mol. The number of carbonyl (C=O) groups is 1. The van der Waals surface area contributed by atoms with Gasteiger partial charge >= 0.3 is 0 Å². The third-order valence-electron chi connectivity index (χ3n) is 1.57. The fraction of sp³-hybridized carbons (Fsp3) is 0.625. The van der Waals surface area contributed by atoms with Crippen LogP contribution < -0.4 is 0 Å². The highest BCUT2D eigenvalue weighted by Crippen LogP contribution is 2.06. The van der Waals surface area contributed by atoms with Gasteiger partial charge in [-0.25, -0.2) is 0 Å². The molecule has 0 aliphatic heterocycles. The van der Waals surface area contributed by atoms with Crippen LogP contribution in [-0.2, 0) is 4.79 Å². The van der Waals surface area contributed by atoms with Gasteiger partial charge in [0.2, 0.25) is 5.91 Å². The lowest BCUT2D eigenvalue weighted by Gasteiger charge is -2.17. The molecule has 1 unspecified atom stereocenters. The highest BCUT2D eigenvalue weighted by atomic mass is 16.2. The van der Waals surface area contributed by atoms with Gasteiger partial charge in [-0.15, -0.1) is 0 Å². The smallest absolute Gasteiger partial charge is 0.230 e. The third kappa shape index (κ3) is 2.70. The number of carbonyl (C=O) groups excluding carboxylic acids is 1. The number of hydrogen-bond donors (Lipinski definition) is 1. The third-order valence-corrected chi connectivity index (χ3v) is 1.57. The molecule has 0 spiro atoms. The molecular formula is C8H15N2O. The lowest BCUT2D eigenvalue weighted by molar-refractivity contribution is -0.130. The van der Waals surface area contributed by atoms with Crippen LogP contribution in [0.3, 0.4) is 0 Å². The topological polar surface area (TPSA) is 44.2 Å². The summed E-state index contributed by atoms with van der Waals surface area (Å²) in [7, 11) is 3.38. The predicted octanol–water partition coefficient (Wildman–Crippen LogP) is 0.955. The Morgan fingerprint density at radius 1 is 1.64 bits per heavy atom. The van der Waals surface area contributed by atoms with Crippen molar-refractivity contribution in [2.75, 3.05) is 14.1 Å². The van der Waals surface area contributed by atoms with Crippen LogP contribution in [0.5, 0.6) is 0 Å². The molecule has 0 heterocycles. The minimum atomic E-state index is -0.329. The normalized spacial score (nSPS) is 12.4. The molecular weight excluding hydrogens is 140 g/mol. The number of hydrogen-bond acceptors (Lipinski definition) is 2. The van der Waals surface area contributed by atoms with E-state index < -0.39 is 0 Å². The zero-order valence-electron chi connectivity index (χ0n) is 7.35. The highest BCUT2D eigenvalue weighted by Gasteiger charge is 2.19. The van der Waals surface area contributed by atoms with Crippen molar-refractivity contribution in [3.05, 3.63) is 6.92 Å². The molecule has 0 aromatic carbocycles. The molecule has 63 valence electrons. The molecule has 1 atom stereocenters. The molecule has 0 fully saturated rings. The second-order valence-electron chi connectivity index (χ2n) is 2.72. The minimum absolute atomic E-state index is 0.0347. The van der Waals surface area contributed by atoms with Crippen LogP contribution in [0.15, 0.2) is 0 Å². The molecule has 1 N–H and O–H groups in total. The fourth-order valence-electron chi connectivity index (χ4n) is 0.882. The van der Waals surface area contributed by atoms with E-state index >= 15 is 0 Å². The van der Waals surface area contributed by atoms with Crippen molar-refractivity contribution < 1.29 is 4.79 Å². The number of amides is 1. The summed E-state index contributed by atoms with van der Waals surface area (Å²) in [5.41, 5.74) is 0.200. The molecule has 0 aromatic rings. The van der Waals surface area contributed by atoms with Crippen LogP contribution in [0, 0.1) is 18.3 Å². The van der Waals surface area contributed by atoms with Gasteiger partial charge in [-0.2, -0.15) is 0 Å². The number of nitrogens with zero attached hydrogens (tertiary/aromatic N) is 1. The van der Waals surface area contributed by atoms with Crippen molar-refractivity contribution in [1.29, 1.82) is 5.41 Å². The maximum atomic E-state index is 11.3. The van der Waals surface area contributed by atoms with E-state index in [9.17, 15) is 4.79 Å². The van der Waals surface area contributed by atoms with Crippen molar-refractivity contribution in [1.82, 2.24) is 4.90 Å². The Balaban J connectivity index is 4.27. The van der Waals surface area contributed by atoms with Crippen LogP contribution in [0.25, 0.3) is 0 Å². The van der Waals surface area contributed by atoms with Gasteiger partial charge in [0.05, 0.1) is 5.92 Å². The highest BCUT2D eigenvalue weighted by molar-refractivity contribution is 6.04. The Kier molecular flexibility index (Phi) is 3.79. The molecule has 0 saturated carbocycles. The Labute approximate surface area is 67.9 Å². The van der Waals surface area contributed by atoms with E-state index in [-0.39, 0.29) is 17.5 Å². The van der Waals surface area contributed by atoms with Gasteiger partial charge in [0.1, 0.15) is 0 Å². The first kappa shape index (κ1) is 10.1. The molecule has 1 radical (unpaired) electrons. The molecule has 0 bridgehead atoms. The van der Waals surface area contributed by atoms with E-state index in [1.165, 1.54) is 4.90 Å². The Bertz CT molecular complexity index is 163. The van der Waals surface area contributed by atoms with E-state index in [1.54, 1.807) is 14.1 Å². The first-order valence-corrected chi connectivity index (χ1v) is 3.62. The Morgan fingerprint density at radius 3 is 2.18 bits per heavy atom. The molecule has 1 amide bonds. The van der Waals surface area contributed by atoms with Crippen LogP contribution in [0.1, 0.15) is 13.3 Å². The lowest BCUT2D eigenvalue weighted by atomic mass is 10.0. The molecule has 0 rings (SSSR count). The Morgan fingerprint density at radius 2 is 2.09 bits per heavy atom. The summed E-state index contributed by atoms with van der Waals surface area (Å²) in [6.45, 7) is 5.33. The van der Waals surface area contributed by atoms with Gasteiger partial charge in [-0.1, -0.05) is 6.92 Å². The van der Waals surface area contributed by atoms with E-state index in [1.807, 2.05) is 6.92 Å². The molecule has 0 aromatic heterocycles. The van der Waals surface area contributed by atoms with E-state index in [0.29, 0.717) is 6.42 Å². The molecule has 11 heavy (non-hydrogen) atoms. The zero-order valence-corrected chi connectivity index (χ0v) is 7.35. The van der Waals surface area contributed by atoms with Gasteiger partial charge in [-0.05, 0) is 13.3 Å². The minimum Gasteiger partial charge on any atom is -0.348 e. The van der Waals surface area contributed by atoms with Crippen molar-refractivity contribution >= 4 is 11.6 Å². The maximum Gasteiger partial charge on any atom is 0.230 e. The summed E-state index contributed by atoms with van der Waals surface area (Å²) < 4.78 is 0. The first-order chi connectivity index (χ1) is 5.00. The second-order valence-corrected chi connectivity index (χ2v) is 2.72. The maximum absolute atomic E-state index is 11.3. The molecule has 0 saturated heterocycles. The number of rotatable bonds is 3. The second kappa shape index (κ2) is 4.11. The molecule has 3 nitrogen and oxygen atoms in total. The van der Waals surface area contributed by atoms with Gasteiger partial charge in [0.25, 0.3) is 0 Å². The average Bonchev–Trinajstić information content (AvgIpc) is 1.88.